The molecule has 31 heavy (non-hydrogen) atoms. The molecule has 1 unspecified atom stereocenters. The van der Waals surface area contributed by atoms with E-state index in [1.807, 2.05) is 18.2 Å². The lowest BCUT2D eigenvalue weighted by Crippen LogP contribution is -2.42. The highest BCUT2D eigenvalue weighted by molar-refractivity contribution is 5.49. The second-order valence-electron chi connectivity index (χ2n) is 9.66. The van der Waals surface area contributed by atoms with Crippen LogP contribution in [0.5, 0.6) is 11.5 Å². The first kappa shape index (κ1) is 21.5. The van der Waals surface area contributed by atoms with Crippen molar-refractivity contribution in [3.8, 4) is 11.5 Å². The second-order valence-corrected chi connectivity index (χ2v) is 9.66. The fraction of sp³-hybridized carbons (Fsp3) is 0.760. The van der Waals surface area contributed by atoms with E-state index in [2.05, 4.69) is 4.94 Å². The first-order chi connectivity index (χ1) is 15.3. The fourth-order valence-electron chi connectivity index (χ4n) is 4.85. The largest absolute Gasteiger partial charge is 0.487 e. The van der Waals surface area contributed by atoms with Gasteiger partial charge in [-0.15, -0.1) is 4.94 Å². The molecule has 4 saturated carbocycles. The zero-order valence-corrected chi connectivity index (χ0v) is 18.4. The molecule has 4 fully saturated rings. The Morgan fingerprint density at radius 2 is 1.23 bits per heavy atom. The molecule has 0 aromatic heterocycles. The number of para-hydroxylation sites is 1. The number of rotatable bonds is 10. The number of ether oxygens (including phenoxy) is 4. The molecule has 0 radical (unpaired) electrons. The van der Waals surface area contributed by atoms with E-state index in [0.717, 1.165) is 83.5 Å². The fourth-order valence-corrected chi connectivity index (χ4v) is 4.85. The highest BCUT2D eigenvalue weighted by Crippen LogP contribution is 2.47. The van der Waals surface area contributed by atoms with Gasteiger partial charge in [-0.3, -0.25) is 0 Å². The van der Waals surface area contributed by atoms with Crippen LogP contribution in [-0.2, 0) is 20.4 Å². The molecule has 4 aliphatic rings. The van der Waals surface area contributed by atoms with Crippen LogP contribution < -0.4 is 9.47 Å². The zero-order valence-electron chi connectivity index (χ0n) is 18.4. The van der Waals surface area contributed by atoms with Gasteiger partial charge in [-0.2, -0.15) is 0 Å². The average Bonchev–Trinajstić information content (AvgIpc) is 3.44. The monoisotopic (exact) mass is 434 g/mol. The van der Waals surface area contributed by atoms with Crippen LogP contribution in [0.15, 0.2) is 18.2 Å². The normalized spacial score (nSPS) is 25.2. The van der Waals surface area contributed by atoms with Crippen molar-refractivity contribution in [3.63, 3.8) is 0 Å². The van der Waals surface area contributed by atoms with E-state index in [4.69, 9.17) is 18.9 Å². The minimum absolute atomic E-state index is 0.0936. The van der Waals surface area contributed by atoms with Crippen LogP contribution in [0.25, 0.3) is 0 Å². The summed E-state index contributed by atoms with van der Waals surface area (Å²) >= 11 is 0. The van der Waals surface area contributed by atoms with Crippen molar-refractivity contribution in [3.05, 3.63) is 23.8 Å². The van der Waals surface area contributed by atoms with E-state index in [1.165, 1.54) is 6.42 Å². The Morgan fingerprint density at radius 1 is 0.645 bits per heavy atom. The summed E-state index contributed by atoms with van der Waals surface area (Å²) in [6, 6.07) is 5.57. The lowest BCUT2D eigenvalue weighted by Gasteiger charge is -2.38. The Hall–Kier alpha value is -1.37. The number of hydrogen-bond donors (Lipinski definition) is 0. The molecule has 5 rings (SSSR count). The minimum atomic E-state index is -1.92. The van der Waals surface area contributed by atoms with Gasteiger partial charge < -0.3 is 18.9 Å². The van der Waals surface area contributed by atoms with Gasteiger partial charge in [0.05, 0.1) is 30.0 Å². The topological polar surface area (TPSA) is 46.2 Å². The van der Waals surface area contributed by atoms with Crippen LogP contribution in [0.3, 0.4) is 0 Å². The standard InChI is InChI=1S/C25H35FO5/c26-31-25(30-21-10-4-5-11-21,29-20-8-2-1-3-9-20)22-14-7-15-23(27-19-16-17-19)24(22)28-18-12-6-13-18/h7,14-15,18-21H,1-6,8-13,16-17H2. The van der Waals surface area contributed by atoms with Crippen molar-refractivity contribution in [1.82, 2.24) is 0 Å². The van der Waals surface area contributed by atoms with Crippen molar-refractivity contribution in [2.24, 2.45) is 0 Å². The average molecular weight is 435 g/mol. The van der Waals surface area contributed by atoms with E-state index in [-0.39, 0.29) is 24.4 Å². The van der Waals surface area contributed by atoms with Crippen molar-refractivity contribution in [2.45, 2.75) is 120 Å². The van der Waals surface area contributed by atoms with Crippen molar-refractivity contribution in [1.29, 1.82) is 0 Å². The van der Waals surface area contributed by atoms with Crippen molar-refractivity contribution in [2.75, 3.05) is 0 Å². The molecule has 4 aliphatic carbocycles. The van der Waals surface area contributed by atoms with Gasteiger partial charge in [0.2, 0.25) is 0 Å². The van der Waals surface area contributed by atoms with E-state index in [0.29, 0.717) is 17.1 Å². The predicted molar refractivity (Wildman–Crippen MR) is 114 cm³/mol. The molecule has 1 aromatic carbocycles. The summed E-state index contributed by atoms with van der Waals surface area (Å²) in [4.78, 5) is 4.66. The summed E-state index contributed by atoms with van der Waals surface area (Å²) in [5.41, 5.74) is 0.456. The lowest BCUT2D eigenvalue weighted by molar-refractivity contribution is -0.483. The molecule has 0 bridgehead atoms. The SMILES string of the molecule is FOC(OC1CCCCC1)(OC1CCCC1)c1cccc(OC2CC2)c1OC1CCC1. The first-order valence-corrected chi connectivity index (χ1v) is 12.4. The number of hydrogen-bond acceptors (Lipinski definition) is 5. The third kappa shape index (κ3) is 5.01. The number of benzene rings is 1. The van der Waals surface area contributed by atoms with Crippen LogP contribution in [0, 0.1) is 0 Å². The molecule has 0 spiro atoms. The minimum Gasteiger partial charge on any atom is -0.487 e. The Kier molecular flexibility index (Phi) is 6.67. The molecular formula is C25H35FO5. The van der Waals surface area contributed by atoms with Crippen LogP contribution in [0.4, 0.5) is 4.53 Å². The van der Waals surface area contributed by atoms with Crippen LogP contribution >= 0.6 is 0 Å². The maximum absolute atomic E-state index is 14.6. The summed E-state index contributed by atoms with van der Waals surface area (Å²) < 4.78 is 39.8. The molecule has 1 atom stereocenters. The molecule has 6 heteroatoms. The van der Waals surface area contributed by atoms with E-state index in [9.17, 15) is 4.53 Å². The molecule has 0 N–H and O–H groups in total. The first-order valence-electron chi connectivity index (χ1n) is 12.4. The van der Waals surface area contributed by atoms with Gasteiger partial charge >= 0.3 is 5.97 Å². The molecule has 1 aromatic rings. The Balaban J connectivity index is 1.50. The Labute approximate surface area is 184 Å². The summed E-state index contributed by atoms with van der Waals surface area (Å²) in [5.74, 6) is -0.764. The molecule has 0 heterocycles. The maximum Gasteiger partial charge on any atom is 0.349 e. The summed E-state index contributed by atoms with van der Waals surface area (Å²) in [5, 5.41) is 0. The number of halogens is 1. The van der Waals surface area contributed by atoms with Gasteiger partial charge in [0, 0.05) is 0 Å². The predicted octanol–water partition coefficient (Wildman–Crippen LogP) is 6.48. The molecule has 5 nitrogen and oxygen atoms in total. The Bertz CT molecular complexity index is 723. The van der Waals surface area contributed by atoms with E-state index >= 15 is 0 Å². The summed E-state index contributed by atoms with van der Waals surface area (Å²) in [6.07, 6.45) is 14.4. The molecule has 0 saturated heterocycles. The van der Waals surface area contributed by atoms with Gasteiger partial charge in [0.15, 0.2) is 11.5 Å². The Morgan fingerprint density at radius 3 is 1.77 bits per heavy atom. The smallest absolute Gasteiger partial charge is 0.349 e. The lowest BCUT2D eigenvalue weighted by atomic mass is 9.96. The molecule has 0 aliphatic heterocycles. The van der Waals surface area contributed by atoms with Gasteiger partial charge in [0.1, 0.15) is 0 Å². The van der Waals surface area contributed by atoms with Crippen LogP contribution in [0.1, 0.15) is 95.5 Å². The van der Waals surface area contributed by atoms with Gasteiger partial charge in [-0.25, -0.2) is 0 Å². The molecular weight excluding hydrogens is 399 g/mol. The van der Waals surface area contributed by atoms with E-state index < -0.39 is 5.97 Å². The van der Waals surface area contributed by atoms with Gasteiger partial charge in [-0.1, -0.05) is 38.2 Å². The van der Waals surface area contributed by atoms with E-state index in [1.54, 1.807) is 0 Å². The van der Waals surface area contributed by atoms with Gasteiger partial charge in [0.25, 0.3) is 0 Å². The van der Waals surface area contributed by atoms with Crippen LogP contribution in [0.2, 0.25) is 0 Å². The molecule has 0 amide bonds. The maximum atomic E-state index is 14.6. The third-order valence-corrected chi connectivity index (χ3v) is 7.06. The summed E-state index contributed by atoms with van der Waals surface area (Å²) in [7, 11) is 0. The van der Waals surface area contributed by atoms with Crippen molar-refractivity contribution < 1.29 is 28.4 Å². The highest BCUT2D eigenvalue weighted by atomic mass is 19.3. The molecule has 172 valence electrons. The zero-order chi connectivity index (χ0) is 21.1. The van der Waals surface area contributed by atoms with Gasteiger partial charge in [-0.05, 0) is 74.4 Å². The summed E-state index contributed by atoms with van der Waals surface area (Å²) in [6.45, 7) is 0. The quantitative estimate of drug-likeness (QED) is 0.395. The highest BCUT2D eigenvalue weighted by Gasteiger charge is 2.47. The van der Waals surface area contributed by atoms with Crippen LogP contribution in [-0.4, -0.2) is 24.4 Å². The van der Waals surface area contributed by atoms with Crippen molar-refractivity contribution >= 4 is 0 Å². The second kappa shape index (κ2) is 9.63. The third-order valence-electron chi connectivity index (χ3n) is 7.06.